The van der Waals surface area contributed by atoms with Crippen LogP contribution in [0.5, 0.6) is 17.2 Å². The van der Waals surface area contributed by atoms with Gasteiger partial charge in [0.05, 0.1) is 24.0 Å². The zero-order valence-corrected chi connectivity index (χ0v) is 21.7. The van der Waals surface area contributed by atoms with Gasteiger partial charge in [0.1, 0.15) is 11.9 Å². The molecular formula is C27H32FN3O8. The Labute approximate surface area is 224 Å². The summed E-state index contributed by atoms with van der Waals surface area (Å²) < 4.78 is 30.6. The molecule has 4 aliphatic heterocycles. The van der Waals surface area contributed by atoms with Gasteiger partial charge in [0.25, 0.3) is 5.91 Å². The number of esters is 3. The van der Waals surface area contributed by atoms with Gasteiger partial charge >= 0.3 is 17.9 Å². The maximum atomic E-state index is 13.8. The quantitative estimate of drug-likeness (QED) is 0.436. The molecule has 3 fully saturated rings. The number of carbonyl (C=O) groups is 4. The smallest absolute Gasteiger partial charge is 0.344 e. The highest BCUT2D eigenvalue weighted by molar-refractivity contribution is 6.02. The number of piperazine rings is 1. The summed E-state index contributed by atoms with van der Waals surface area (Å²) in [6, 6.07) is 1.90. The molecular weight excluding hydrogens is 513 g/mol. The average Bonchev–Trinajstić information content (AvgIpc) is 2.87. The number of nitrogens with zero attached hydrogens (tertiary/aromatic N) is 3. The van der Waals surface area contributed by atoms with Crippen molar-refractivity contribution in [2.45, 2.75) is 69.3 Å². The number of likely N-dealkylation sites (tertiary alicyclic amines) is 1. The molecule has 2 saturated heterocycles. The van der Waals surface area contributed by atoms with Gasteiger partial charge in [-0.1, -0.05) is 6.42 Å². The Hall–Kier alpha value is -3.09. The normalized spacial score (nSPS) is 27.0. The van der Waals surface area contributed by atoms with Crippen molar-refractivity contribution in [1.29, 1.82) is 0 Å². The fourth-order valence-electron chi connectivity index (χ4n) is 5.94. The third kappa shape index (κ3) is 5.01. The second-order valence-corrected chi connectivity index (χ2v) is 11.1. The minimum Gasteiger partial charge on any atom is -0.426 e. The van der Waals surface area contributed by atoms with Gasteiger partial charge in [0, 0.05) is 51.9 Å². The first-order valence-electron chi connectivity index (χ1n) is 13.7. The molecule has 1 unspecified atom stereocenters. The highest BCUT2D eigenvalue weighted by Gasteiger charge is 2.48. The fourth-order valence-corrected chi connectivity index (χ4v) is 5.94. The third-order valence-electron chi connectivity index (χ3n) is 8.51. The maximum absolute atomic E-state index is 13.8. The van der Waals surface area contributed by atoms with E-state index in [1.807, 2.05) is 4.90 Å². The van der Waals surface area contributed by atoms with E-state index < -0.39 is 48.4 Å². The molecule has 0 spiro atoms. The summed E-state index contributed by atoms with van der Waals surface area (Å²) in [5.74, 6) is -4.08. The fraction of sp³-hybridized carbons (Fsp3) is 0.630. The molecule has 4 heterocycles. The first kappa shape index (κ1) is 26.1. The second-order valence-electron chi connectivity index (χ2n) is 11.1. The number of ether oxygens (including phenoxy) is 3. The Morgan fingerprint density at radius 1 is 0.923 bits per heavy atom. The summed E-state index contributed by atoms with van der Waals surface area (Å²) in [5, 5.41) is 10.9. The SMILES string of the molecule is O=C1CC2(O)CC(=O)Oc3c(C(=O)N4CCN(C5CCC5)CC4)cc(c(CN4CCC(F)CC4)c3OC2=O)O1. The van der Waals surface area contributed by atoms with Crippen molar-refractivity contribution in [3.8, 4) is 17.2 Å². The van der Waals surface area contributed by atoms with Crippen LogP contribution in [0, 0.1) is 0 Å². The van der Waals surface area contributed by atoms with Crippen LogP contribution in [0.25, 0.3) is 0 Å². The van der Waals surface area contributed by atoms with E-state index in [9.17, 15) is 28.7 Å². The van der Waals surface area contributed by atoms with Gasteiger partial charge in [-0.2, -0.15) is 0 Å². The van der Waals surface area contributed by atoms with Gasteiger partial charge < -0.3 is 24.2 Å². The van der Waals surface area contributed by atoms with Crippen LogP contribution in [0.4, 0.5) is 4.39 Å². The zero-order valence-electron chi connectivity index (χ0n) is 21.7. The van der Waals surface area contributed by atoms with Crippen molar-refractivity contribution < 1.29 is 42.9 Å². The van der Waals surface area contributed by atoms with Gasteiger partial charge in [-0.3, -0.25) is 24.2 Å². The van der Waals surface area contributed by atoms with E-state index in [-0.39, 0.29) is 34.9 Å². The molecule has 0 aromatic heterocycles. The highest BCUT2D eigenvalue weighted by atomic mass is 19.1. The monoisotopic (exact) mass is 545 g/mol. The molecule has 210 valence electrons. The van der Waals surface area contributed by atoms with Crippen molar-refractivity contribution in [1.82, 2.24) is 14.7 Å². The standard InChI is InChI=1S/C27H32FN3O8/c28-16-4-6-29(7-5-16)15-19-20-12-18(25(34)31-10-8-30(9-11-31)17-2-1-3-17)23-24(19)39-26(35)27(36,13-21(32)37-20)14-22(33)38-23/h12,16-17,36H,1-11,13-15H2. The molecule has 39 heavy (non-hydrogen) atoms. The minimum absolute atomic E-state index is 0.0208. The number of hydrogen-bond donors (Lipinski definition) is 1. The van der Waals surface area contributed by atoms with Gasteiger partial charge in [-0.25, -0.2) is 9.18 Å². The lowest BCUT2D eigenvalue weighted by Crippen LogP contribution is -2.53. The van der Waals surface area contributed by atoms with Gasteiger partial charge in [0.2, 0.25) is 0 Å². The predicted molar refractivity (Wildman–Crippen MR) is 132 cm³/mol. The molecule has 1 aromatic rings. The number of alkyl halides is 1. The number of piperidine rings is 1. The lowest BCUT2D eigenvalue weighted by atomic mass is 9.91. The van der Waals surface area contributed by atoms with Crippen molar-refractivity contribution >= 4 is 23.8 Å². The number of amides is 1. The summed E-state index contributed by atoms with van der Waals surface area (Å²) in [7, 11) is 0. The summed E-state index contributed by atoms with van der Waals surface area (Å²) in [6.07, 6.45) is 1.59. The molecule has 5 aliphatic rings. The number of fused-ring (bicyclic) bond motifs is 3. The summed E-state index contributed by atoms with van der Waals surface area (Å²) >= 11 is 0. The van der Waals surface area contributed by atoms with E-state index >= 15 is 0 Å². The predicted octanol–water partition coefficient (Wildman–Crippen LogP) is 1.19. The zero-order chi connectivity index (χ0) is 27.3. The van der Waals surface area contributed by atoms with Gasteiger partial charge in [-0.15, -0.1) is 0 Å². The van der Waals surface area contributed by atoms with Crippen LogP contribution in [-0.4, -0.2) is 101 Å². The molecule has 1 amide bonds. The Kier molecular flexibility index (Phi) is 6.80. The van der Waals surface area contributed by atoms with Crippen LogP contribution in [0.2, 0.25) is 0 Å². The molecule has 12 heteroatoms. The summed E-state index contributed by atoms with van der Waals surface area (Å²) in [5.41, 5.74) is -2.33. The molecule has 3 bridgehead atoms. The van der Waals surface area contributed by atoms with Crippen molar-refractivity contribution in [3.05, 3.63) is 17.2 Å². The van der Waals surface area contributed by atoms with Crippen LogP contribution in [0.15, 0.2) is 6.07 Å². The summed E-state index contributed by atoms with van der Waals surface area (Å²) in [6.45, 7) is 3.27. The molecule has 11 nitrogen and oxygen atoms in total. The number of halogens is 1. The van der Waals surface area contributed by atoms with Crippen LogP contribution in [0.1, 0.15) is 60.9 Å². The number of carbonyl (C=O) groups excluding carboxylic acids is 4. The Bertz CT molecular complexity index is 1200. The van der Waals surface area contributed by atoms with Crippen molar-refractivity contribution in [2.75, 3.05) is 39.3 Å². The molecule has 1 aromatic carbocycles. The average molecular weight is 546 g/mol. The highest BCUT2D eigenvalue weighted by Crippen LogP contribution is 2.46. The molecule has 1 N–H and O–H groups in total. The van der Waals surface area contributed by atoms with Crippen molar-refractivity contribution in [3.63, 3.8) is 0 Å². The van der Waals surface area contributed by atoms with Gasteiger partial charge in [0.15, 0.2) is 17.1 Å². The van der Waals surface area contributed by atoms with Crippen LogP contribution < -0.4 is 14.2 Å². The van der Waals surface area contributed by atoms with Crippen LogP contribution in [-0.2, 0) is 20.9 Å². The maximum Gasteiger partial charge on any atom is 0.344 e. The van der Waals surface area contributed by atoms with E-state index in [1.54, 1.807) is 4.90 Å². The van der Waals surface area contributed by atoms with Crippen molar-refractivity contribution in [2.24, 2.45) is 0 Å². The number of aliphatic hydroxyl groups is 1. The van der Waals surface area contributed by atoms with Gasteiger partial charge in [-0.05, 0) is 31.7 Å². The first-order chi connectivity index (χ1) is 18.7. The van der Waals surface area contributed by atoms with E-state index in [4.69, 9.17) is 14.2 Å². The first-order valence-corrected chi connectivity index (χ1v) is 13.7. The lowest BCUT2D eigenvalue weighted by molar-refractivity contribution is -0.168. The Morgan fingerprint density at radius 3 is 2.23 bits per heavy atom. The molecule has 0 radical (unpaired) electrons. The molecule has 6 rings (SSSR count). The molecule has 1 aliphatic carbocycles. The van der Waals surface area contributed by atoms with Crippen LogP contribution >= 0.6 is 0 Å². The van der Waals surface area contributed by atoms with E-state index in [0.29, 0.717) is 58.2 Å². The van der Waals surface area contributed by atoms with E-state index in [2.05, 4.69) is 4.90 Å². The van der Waals surface area contributed by atoms with Crippen LogP contribution in [0.3, 0.4) is 0 Å². The third-order valence-corrected chi connectivity index (χ3v) is 8.51. The van der Waals surface area contributed by atoms with E-state index in [0.717, 1.165) is 12.8 Å². The molecule has 1 saturated carbocycles. The Morgan fingerprint density at radius 2 is 1.59 bits per heavy atom. The summed E-state index contributed by atoms with van der Waals surface area (Å²) in [4.78, 5) is 58.6. The number of benzene rings is 1. The topological polar surface area (TPSA) is 126 Å². The van der Waals surface area contributed by atoms with E-state index in [1.165, 1.54) is 12.5 Å². The second kappa shape index (κ2) is 10.1. The number of hydrogen-bond acceptors (Lipinski definition) is 10. The lowest BCUT2D eigenvalue weighted by Gasteiger charge is -2.43. The Balaban J connectivity index is 1.40. The number of rotatable bonds is 4. The molecule has 1 atom stereocenters. The minimum atomic E-state index is -2.48. The largest absolute Gasteiger partial charge is 0.426 e.